The second-order valence-corrected chi connectivity index (χ2v) is 9.29. The Balaban J connectivity index is 3.89. The van der Waals surface area contributed by atoms with Crippen molar-refractivity contribution < 1.29 is 19.8 Å². The van der Waals surface area contributed by atoms with Gasteiger partial charge in [-0.1, -0.05) is 76.9 Å². The molecule has 8 nitrogen and oxygen atoms in total. The first-order valence-electron chi connectivity index (χ1n) is 14.0. The van der Waals surface area contributed by atoms with Crippen LogP contribution >= 0.6 is 0 Å². The first-order chi connectivity index (χ1) is 17.0. The third-order valence-electron chi connectivity index (χ3n) is 6.01. The van der Waals surface area contributed by atoms with Gasteiger partial charge in [-0.05, 0) is 51.4 Å². The van der Waals surface area contributed by atoms with E-state index >= 15 is 0 Å². The number of rotatable bonds is 26. The maximum Gasteiger partial charge on any atom is 0.323 e. The molecule has 0 aliphatic rings. The monoisotopic (exact) mass is 498 g/mol. The van der Waals surface area contributed by atoms with Crippen LogP contribution in [0.15, 0.2) is 17.1 Å². The Morgan fingerprint density at radius 1 is 0.886 bits per heavy atom. The van der Waals surface area contributed by atoms with Crippen molar-refractivity contribution in [1.82, 2.24) is 5.06 Å². The van der Waals surface area contributed by atoms with Gasteiger partial charge in [0.1, 0.15) is 6.04 Å². The molecular weight excluding hydrogens is 444 g/mol. The molecule has 0 aliphatic carbocycles. The van der Waals surface area contributed by atoms with Crippen molar-refractivity contribution >= 4 is 11.9 Å². The van der Waals surface area contributed by atoms with Gasteiger partial charge in [-0.15, -0.1) is 0 Å². The van der Waals surface area contributed by atoms with Crippen LogP contribution in [0.25, 0.3) is 0 Å². The number of carboxylic acid groups (broad SMARTS) is 1. The Kier molecular flexibility index (Phi) is 24.3. The van der Waals surface area contributed by atoms with Crippen LogP contribution in [-0.4, -0.2) is 59.6 Å². The number of aliphatic carboxylic acids is 1. The van der Waals surface area contributed by atoms with Gasteiger partial charge in [0.2, 0.25) is 0 Å². The van der Waals surface area contributed by atoms with E-state index in [-0.39, 0.29) is 12.6 Å². The van der Waals surface area contributed by atoms with Crippen molar-refractivity contribution in [3.8, 4) is 0 Å². The number of guanidine groups is 1. The summed E-state index contributed by atoms with van der Waals surface area (Å²) in [6.45, 7) is 3.50. The predicted octanol–water partition coefficient (Wildman–Crippen LogP) is 5.15. The minimum atomic E-state index is -0.936. The summed E-state index contributed by atoms with van der Waals surface area (Å²) < 4.78 is 0. The highest BCUT2D eigenvalue weighted by atomic mass is 16.7. The summed E-state index contributed by atoms with van der Waals surface area (Å²) in [6.07, 6.45) is 23.5. The third kappa shape index (κ3) is 22.6. The van der Waals surface area contributed by atoms with Crippen molar-refractivity contribution in [2.24, 2.45) is 16.5 Å². The van der Waals surface area contributed by atoms with Gasteiger partial charge in [0.25, 0.3) is 0 Å². The molecule has 8 heteroatoms. The van der Waals surface area contributed by atoms with Crippen molar-refractivity contribution in [2.45, 2.75) is 122 Å². The molecule has 206 valence electrons. The summed E-state index contributed by atoms with van der Waals surface area (Å²) in [6, 6.07) is -0.773. The van der Waals surface area contributed by atoms with E-state index in [0.717, 1.165) is 12.8 Å². The molecule has 0 bridgehead atoms. The van der Waals surface area contributed by atoms with E-state index in [2.05, 4.69) is 24.1 Å². The maximum atomic E-state index is 11.7. The summed E-state index contributed by atoms with van der Waals surface area (Å²) >= 11 is 0. The molecule has 0 aromatic rings. The zero-order valence-corrected chi connectivity index (χ0v) is 22.3. The lowest BCUT2D eigenvalue weighted by atomic mass is 10.1. The average molecular weight is 499 g/mol. The Bertz CT molecular complexity index is 539. The average Bonchev–Trinajstić information content (AvgIpc) is 2.83. The smallest absolute Gasteiger partial charge is 0.323 e. The molecule has 0 saturated carbocycles. The van der Waals surface area contributed by atoms with E-state index in [1.54, 1.807) is 0 Å². The number of aliphatic hydroxyl groups is 1. The zero-order chi connectivity index (χ0) is 26.0. The number of hydroxylamine groups is 2. The number of aliphatic imine (C=N–C) groups is 1. The lowest BCUT2D eigenvalue weighted by molar-refractivity contribution is -0.202. The normalized spacial score (nSPS) is 12.4. The van der Waals surface area contributed by atoms with Crippen LogP contribution in [0.3, 0.4) is 0 Å². The summed E-state index contributed by atoms with van der Waals surface area (Å²) in [5.74, 6) is -0.932. The fraction of sp³-hybridized carbons (Fsp3) is 0.852. The maximum absolute atomic E-state index is 11.7. The summed E-state index contributed by atoms with van der Waals surface area (Å²) in [5, 5.41) is 20.3. The predicted molar refractivity (Wildman–Crippen MR) is 145 cm³/mol. The number of hydrogen-bond donors (Lipinski definition) is 4. The third-order valence-corrected chi connectivity index (χ3v) is 6.01. The quantitative estimate of drug-likeness (QED) is 0.0426. The van der Waals surface area contributed by atoms with Gasteiger partial charge >= 0.3 is 5.97 Å². The van der Waals surface area contributed by atoms with E-state index in [0.29, 0.717) is 39.0 Å². The molecule has 0 spiro atoms. The van der Waals surface area contributed by atoms with Crippen molar-refractivity contribution in [3.63, 3.8) is 0 Å². The molecule has 0 saturated heterocycles. The van der Waals surface area contributed by atoms with Gasteiger partial charge in [0.15, 0.2) is 5.96 Å². The van der Waals surface area contributed by atoms with Crippen LogP contribution in [0.1, 0.15) is 116 Å². The van der Waals surface area contributed by atoms with Crippen molar-refractivity contribution in [2.75, 3.05) is 26.3 Å². The fourth-order valence-corrected chi connectivity index (χ4v) is 3.95. The Morgan fingerprint density at radius 3 is 2.00 bits per heavy atom. The molecule has 0 unspecified atom stereocenters. The number of hydrogen-bond acceptors (Lipinski definition) is 5. The molecular formula is C27H54N4O4. The molecule has 0 aromatic heterocycles. The second-order valence-electron chi connectivity index (χ2n) is 9.29. The fourth-order valence-electron chi connectivity index (χ4n) is 3.95. The molecule has 0 amide bonds. The van der Waals surface area contributed by atoms with Crippen LogP contribution in [0.4, 0.5) is 0 Å². The number of unbranched alkanes of at least 4 members (excludes halogenated alkanes) is 12. The van der Waals surface area contributed by atoms with Crippen LogP contribution in [0.5, 0.6) is 0 Å². The highest BCUT2D eigenvalue weighted by molar-refractivity contribution is 5.75. The Labute approximate surface area is 214 Å². The van der Waals surface area contributed by atoms with Gasteiger partial charge in [0.05, 0.1) is 6.61 Å². The number of carboxylic acids is 1. The molecule has 0 radical (unpaired) electrons. The van der Waals surface area contributed by atoms with E-state index in [1.807, 2.05) is 0 Å². The molecule has 35 heavy (non-hydrogen) atoms. The minimum Gasteiger partial charge on any atom is -0.480 e. The molecule has 0 heterocycles. The van der Waals surface area contributed by atoms with Crippen LogP contribution in [0, 0.1) is 0 Å². The van der Waals surface area contributed by atoms with Crippen LogP contribution in [0.2, 0.25) is 0 Å². The van der Waals surface area contributed by atoms with Gasteiger partial charge < -0.3 is 21.7 Å². The van der Waals surface area contributed by atoms with E-state index in [4.69, 9.17) is 21.4 Å². The van der Waals surface area contributed by atoms with E-state index in [9.17, 15) is 9.90 Å². The van der Waals surface area contributed by atoms with Gasteiger partial charge in [0, 0.05) is 19.7 Å². The minimum absolute atomic E-state index is 0.00484. The highest BCUT2D eigenvalue weighted by Gasteiger charge is 2.25. The van der Waals surface area contributed by atoms with Crippen LogP contribution < -0.4 is 11.5 Å². The van der Waals surface area contributed by atoms with Gasteiger partial charge in [-0.3, -0.25) is 14.6 Å². The largest absolute Gasteiger partial charge is 0.480 e. The molecule has 0 aliphatic heterocycles. The number of carbonyl (C=O) groups is 1. The Hall–Kier alpha value is -1.64. The molecule has 0 fully saturated rings. The first-order valence-corrected chi connectivity index (χ1v) is 14.0. The molecule has 0 rings (SSSR count). The SMILES string of the molecule is CCCCCCCC/C=C\CCCCCCCCON(CCCO)[C@@H](CCCN=C(N)N)C(=O)O. The highest BCUT2D eigenvalue weighted by Crippen LogP contribution is 2.13. The zero-order valence-electron chi connectivity index (χ0n) is 22.3. The lowest BCUT2D eigenvalue weighted by Gasteiger charge is -2.27. The lowest BCUT2D eigenvalue weighted by Crippen LogP contribution is -2.42. The second kappa shape index (κ2) is 25.5. The number of nitrogens with zero attached hydrogens (tertiary/aromatic N) is 2. The number of nitrogens with two attached hydrogens (primary N) is 2. The summed E-state index contributed by atoms with van der Waals surface area (Å²) in [5.41, 5.74) is 10.6. The van der Waals surface area contributed by atoms with Crippen LogP contribution in [-0.2, 0) is 9.63 Å². The molecule has 1 atom stereocenters. The van der Waals surface area contributed by atoms with Gasteiger partial charge in [-0.2, -0.15) is 5.06 Å². The molecule has 6 N–H and O–H groups in total. The van der Waals surface area contributed by atoms with E-state index in [1.165, 1.54) is 82.1 Å². The number of allylic oxidation sites excluding steroid dienone is 2. The molecule has 0 aromatic carbocycles. The first kappa shape index (κ1) is 33.4. The summed E-state index contributed by atoms with van der Waals surface area (Å²) in [7, 11) is 0. The Morgan fingerprint density at radius 2 is 1.46 bits per heavy atom. The number of aliphatic hydroxyl groups excluding tert-OH is 1. The standard InChI is InChI=1S/C27H54N4O4/c1-2-3-4-5-6-7-8-9-10-11-12-13-14-15-16-17-24-35-31(22-19-23-32)25(26(33)34)20-18-21-30-27(28)29/h9-10,25,32H,2-8,11-24H2,1H3,(H,33,34)(H4,28,29,30)/b10-9-/t25-/m0/s1. The van der Waals surface area contributed by atoms with Gasteiger partial charge in [-0.25, -0.2) is 0 Å². The van der Waals surface area contributed by atoms with Crippen molar-refractivity contribution in [1.29, 1.82) is 0 Å². The summed E-state index contributed by atoms with van der Waals surface area (Å²) in [4.78, 5) is 21.5. The topological polar surface area (TPSA) is 134 Å². The van der Waals surface area contributed by atoms with E-state index < -0.39 is 12.0 Å². The van der Waals surface area contributed by atoms with Crippen molar-refractivity contribution in [3.05, 3.63) is 12.2 Å².